The number of hydrogen-bond acceptors (Lipinski definition) is 4. The molecule has 0 radical (unpaired) electrons. The fourth-order valence-corrected chi connectivity index (χ4v) is 2.23. The lowest BCUT2D eigenvalue weighted by molar-refractivity contribution is -0.130. The Kier molecular flexibility index (Phi) is 4.36. The normalized spacial score (nSPS) is 24.1. The first kappa shape index (κ1) is 12.8. The number of hydrogen-bond donors (Lipinski definition) is 3. The zero-order valence-electron chi connectivity index (χ0n) is 10.2. The molecule has 0 aromatic carbocycles. The average Bonchev–Trinajstić information content (AvgIpc) is 2.33. The maximum atomic E-state index is 11.5. The molecule has 1 amide bonds. The summed E-state index contributed by atoms with van der Waals surface area (Å²) in [6.45, 7) is 2.40. The fraction of sp³-hybridized carbons (Fsp3) is 0.917. The van der Waals surface area contributed by atoms with Gasteiger partial charge in [-0.15, -0.1) is 0 Å². The summed E-state index contributed by atoms with van der Waals surface area (Å²) in [4.78, 5) is 11.5. The van der Waals surface area contributed by atoms with Gasteiger partial charge in [-0.3, -0.25) is 4.79 Å². The lowest BCUT2D eigenvalue weighted by Gasteiger charge is -2.36. The van der Waals surface area contributed by atoms with Crippen LogP contribution in [-0.4, -0.2) is 49.0 Å². The van der Waals surface area contributed by atoms with Gasteiger partial charge in [0.2, 0.25) is 5.91 Å². The smallest absolute Gasteiger partial charge is 0.246 e. The van der Waals surface area contributed by atoms with Crippen LogP contribution in [0, 0.1) is 0 Å². The van der Waals surface area contributed by atoms with Crippen molar-refractivity contribution in [1.29, 1.82) is 0 Å². The molecule has 17 heavy (non-hydrogen) atoms. The van der Waals surface area contributed by atoms with Crippen LogP contribution in [0.3, 0.4) is 0 Å². The molecule has 0 bridgehead atoms. The Bertz CT molecular complexity index is 260. The number of piperidine rings is 1. The highest BCUT2D eigenvalue weighted by Crippen LogP contribution is 2.30. The van der Waals surface area contributed by atoms with Gasteiger partial charge in [-0.1, -0.05) is 0 Å². The third-order valence-electron chi connectivity index (χ3n) is 3.64. The number of rotatable bonds is 5. The van der Waals surface area contributed by atoms with Crippen molar-refractivity contribution in [1.82, 2.24) is 10.6 Å². The summed E-state index contributed by atoms with van der Waals surface area (Å²) in [5, 5.41) is 15.8. The van der Waals surface area contributed by atoms with Gasteiger partial charge in [0.05, 0.1) is 11.7 Å². The number of ether oxygens (including phenoxy) is 1. The molecule has 1 aliphatic heterocycles. The first-order chi connectivity index (χ1) is 8.18. The molecule has 2 rings (SSSR count). The zero-order chi connectivity index (χ0) is 12.1. The Labute approximate surface area is 102 Å². The minimum absolute atomic E-state index is 0.112. The van der Waals surface area contributed by atoms with E-state index in [1.807, 2.05) is 0 Å². The lowest BCUT2D eigenvalue weighted by atomic mass is 9.80. The molecule has 1 saturated carbocycles. The molecule has 98 valence electrons. The summed E-state index contributed by atoms with van der Waals surface area (Å²) in [5.74, 6) is -0.121. The van der Waals surface area contributed by atoms with Gasteiger partial charge in [0.25, 0.3) is 0 Å². The summed E-state index contributed by atoms with van der Waals surface area (Å²) < 4.78 is 5.53. The fourth-order valence-electron chi connectivity index (χ4n) is 2.23. The van der Waals surface area contributed by atoms with Gasteiger partial charge < -0.3 is 20.5 Å². The van der Waals surface area contributed by atoms with E-state index in [1.54, 1.807) is 0 Å². The molecule has 2 fully saturated rings. The van der Waals surface area contributed by atoms with E-state index in [4.69, 9.17) is 4.74 Å². The van der Waals surface area contributed by atoms with Crippen LogP contribution < -0.4 is 10.6 Å². The van der Waals surface area contributed by atoms with Crippen LogP contribution in [-0.2, 0) is 9.53 Å². The number of aliphatic hydroxyl groups is 1. The number of carbonyl (C=O) groups excluding carboxylic acids is 1. The van der Waals surface area contributed by atoms with Gasteiger partial charge in [-0.2, -0.15) is 0 Å². The zero-order valence-corrected chi connectivity index (χ0v) is 10.2. The molecular formula is C12H22N2O3. The lowest BCUT2D eigenvalue weighted by Crippen LogP contribution is -2.48. The second-order valence-corrected chi connectivity index (χ2v) is 5.11. The Hall–Kier alpha value is -0.650. The van der Waals surface area contributed by atoms with Crippen molar-refractivity contribution in [2.45, 2.75) is 43.8 Å². The first-order valence-corrected chi connectivity index (χ1v) is 6.49. The van der Waals surface area contributed by atoms with E-state index in [-0.39, 0.29) is 18.6 Å². The number of carbonyl (C=O) groups is 1. The molecule has 5 nitrogen and oxygen atoms in total. The minimum atomic E-state index is -0.648. The topological polar surface area (TPSA) is 70.6 Å². The van der Waals surface area contributed by atoms with E-state index in [9.17, 15) is 9.90 Å². The van der Waals surface area contributed by atoms with Gasteiger partial charge in [0.15, 0.2) is 0 Å². The van der Waals surface area contributed by atoms with Crippen molar-refractivity contribution >= 4 is 5.91 Å². The highest BCUT2D eigenvalue weighted by atomic mass is 16.5. The molecule has 0 spiro atoms. The van der Waals surface area contributed by atoms with Crippen LogP contribution in [0.2, 0.25) is 0 Å². The molecule has 2 aliphatic rings. The molecule has 0 aromatic rings. The Morgan fingerprint density at radius 3 is 2.71 bits per heavy atom. The van der Waals surface area contributed by atoms with Gasteiger partial charge in [-0.05, 0) is 45.2 Å². The Morgan fingerprint density at radius 2 is 2.12 bits per heavy atom. The van der Waals surface area contributed by atoms with Crippen molar-refractivity contribution in [2.75, 3.05) is 26.2 Å². The van der Waals surface area contributed by atoms with E-state index in [0.717, 1.165) is 45.2 Å². The predicted octanol–water partition coefficient (Wildman–Crippen LogP) is -0.214. The van der Waals surface area contributed by atoms with E-state index >= 15 is 0 Å². The first-order valence-electron chi connectivity index (χ1n) is 6.49. The summed E-state index contributed by atoms with van der Waals surface area (Å²) in [5.41, 5.74) is -0.648. The predicted molar refractivity (Wildman–Crippen MR) is 63.7 cm³/mol. The van der Waals surface area contributed by atoms with Crippen LogP contribution in [0.15, 0.2) is 0 Å². The molecule has 1 aliphatic carbocycles. The highest BCUT2D eigenvalue weighted by molar-refractivity contribution is 5.77. The molecule has 0 atom stereocenters. The third-order valence-corrected chi connectivity index (χ3v) is 3.64. The monoisotopic (exact) mass is 242 g/mol. The van der Waals surface area contributed by atoms with Crippen molar-refractivity contribution in [3.05, 3.63) is 0 Å². The Morgan fingerprint density at radius 1 is 1.41 bits per heavy atom. The molecular weight excluding hydrogens is 220 g/mol. The Balaban J connectivity index is 1.57. The summed E-state index contributed by atoms with van der Waals surface area (Å²) in [6, 6.07) is 0. The highest BCUT2D eigenvalue weighted by Gasteiger charge is 2.34. The molecule has 5 heteroatoms. The SMILES string of the molecule is O=C(COC1CCNCC1)NCC1(O)CCC1. The molecule has 1 heterocycles. The van der Waals surface area contributed by atoms with Crippen LogP contribution >= 0.6 is 0 Å². The van der Waals surface area contributed by atoms with Crippen LogP contribution in [0.1, 0.15) is 32.1 Å². The average molecular weight is 242 g/mol. The van der Waals surface area contributed by atoms with Gasteiger partial charge in [0, 0.05) is 6.54 Å². The quantitative estimate of drug-likeness (QED) is 0.624. The van der Waals surface area contributed by atoms with Crippen LogP contribution in [0.5, 0.6) is 0 Å². The van der Waals surface area contributed by atoms with Crippen LogP contribution in [0.4, 0.5) is 0 Å². The number of nitrogens with one attached hydrogen (secondary N) is 2. The van der Waals surface area contributed by atoms with E-state index in [2.05, 4.69) is 10.6 Å². The van der Waals surface area contributed by atoms with Gasteiger partial charge in [-0.25, -0.2) is 0 Å². The maximum absolute atomic E-state index is 11.5. The van der Waals surface area contributed by atoms with Crippen molar-refractivity contribution < 1.29 is 14.6 Å². The minimum Gasteiger partial charge on any atom is -0.388 e. The van der Waals surface area contributed by atoms with Crippen molar-refractivity contribution in [3.8, 4) is 0 Å². The van der Waals surface area contributed by atoms with E-state index in [1.165, 1.54) is 0 Å². The summed E-state index contributed by atoms with van der Waals surface area (Å²) >= 11 is 0. The van der Waals surface area contributed by atoms with E-state index in [0.29, 0.717) is 6.54 Å². The maximum Gasteiger partial charge on any atom is 0.246 e. The largest absolute Gasteiger partial charge is 0.388 e. The standard InChI is InChI=1S/C12H22N2O3/c15-11(14-9-12(16)4-1-5-12)8-17-10-2-6-13-7-3-10/h10,13,16H,1-9H2,(H,14,15). The van der Waals surface area contributed by atoms with E-state index < -0.39 is 5.60 Å². The third kappa shape index (κ3) is 3.94. The second-order valence-electron chi connectivity index (χ2n) is 5.11. The number of amides is 1. The second kappa shape index (κ2) is 5.80. The van der Waals surface area contributed by atoms with Crippen LogP contribution in [0.25, 0.3) is 0 Å². The molecule has 3 N–H and O–H groups in total. The summed E-state index contributed by atoms with van der Waals surface area (Å²) in [6.07, 6.45) is 4.78. The molecule has 1 saturated heterocycles. The summed E-state index contributed by atoms with van der Waals surface area (Å²) in [7, 11) is 0. The van der Waals surface area contributed by atoms with Crippen molar-refractivity contribution in [2.24, 2.45) is 0 Å². The van der Waals surface area contributed by atoms with Gasteiger partial charge >= 0.3 is 0 Å². The molecule has 0 unspecified atom stereocenters. The van der Waals surface area contributed by atoms with Crippen molar-refractivity contribution in [3.63, 3.8) is 0 Å². The van der Waals surface area contributed by atoms with Gasteiger partial charge in [0.1, 0.15) is 6.61 Å². The molecule has 0 aromatic heterocycles.